The van der Waals surface area contributed by atoms with Crippen LogP contribution < -0.4 is 16.0 Å². The maximum Gasteiger partial charge on any atom is 0.253 e. The van der Waals surface area contributed by atoms with Crippen LogP contribution in [0, 0.1) is 5.92 Å². The standard InChI is InChI=1S/C15H23N3O2/c1-10(19)11-5-7-18(8-6-11)14-9-12(16)3-4-13(14)15(20)17-2/h3-4,9-11,19H,5-8,16H2,1-2H3,(H,17,20). The number of piperidine rings is 1. The zero-order chi connectivity index (χ0) is 14.7. The molecule has 1 aliphatic rings. The molecule has 1 saturated heterocycles. The van der Waals surface area contributed by atoms with E-state index in [1.807, 2.05) is 13.0 Å². The fourth-order valence-electron chi connectivity index (χ4n) is 2.76. The third kappa shape index (κ3) is 3.04. The molecule has 0 bridgehead atoms. The van der Waals surface area contributed by atoms with Gasteiger partial charge in [0.15, 0.2) is 0 Å². The second-order valence-corrected chi connectivity index (χ2v) is 5.42. The number of rotatable bonds is 3. The first-order valence-corrected chi connectivity index (χ1v) is 7.07. The number of hydrogen-bond donors (Lipinski definition) is 3. The summed E-state index contributed by atoms with van der Waals surface area (Å²) in [4.78, 5) is 14.1. The summed E-state index contributed by atoms with van der Waals surface area (Å²) in [5.74, 6) is 0.244. The Morgan fingerprint density at radius 3 is 2.65 bits per heavy atom. The first-order chi connectivity index (χ1) is 9.52. The van der Waals surface area contributed by atoms with Crippen LogP contribution in [0.1, 0.15) is 30.1 Å². The highest BCUT2D eigenvalue weighted by Gasteiger charge is 2.25. The molecule has 1 aromatic carbocycles. The number of nitrogens with one attached hydrogen (secondary N) is 1. The van der Waals surface area contributed by atoms with E-state index in [0.29, 0.717) is 17.2 Å². The molecular weight excluding hydrogens is 254 g/mol. The Labute approximate surface area is 119 Å². The van der Waals surface area contributed by atoms with Crippen LogP contribution in [0.2, 0.25) is 0 Å². The van der Waals surface area contributed by atoms with Crippen molar-refractivity contribution < 1.29 is 9.90 Å². The van der Waals surface area contributed by atoms with E-state index < -0.39 is 0 Å². The number of anilines is 2. The van der Waals surface area contributed by atoms with E-state index in [4.69, 9.17) is 5.73 Å². The summed E-state index contributed by atoms with van der Waals surface area (Å²) in [6.07, 6.45) is 1.59. The van der Waals surface area contributed by atoms with Crippen molar-refractivity contribution in [3.63, 3.8) is 0 Å². The van der Waals surface area contributed by atoms with Gasteiger partial charge in [-0.05, 0) is 43.9 Å². The van der Waals surface area contributed by atoms with Crippen LogP contribution in [0.15, 0.2) is 18.2 Å². The number of aliphatic hydroxyl groups is 1. The Bertz CT molecular complexity index is 480. The topological polar surface area (TPSA) is 78.6 Å². The van der Waals surface area contributed by atoms with Crippen LogP contribution in [-0.2, 0) is 0 Å². The molecule has 110 valence electrons. The van der Waals surface area contributed by atoms with Gasteiger partial charge in [-0.1, -0.05) is 0 Å². The van der Waals surface area contributed by atoms with E-state index in [0.717, 1.165) is 31.6 Å². The fourth-order valence-corrected chi connectivity index (χ4v) is 2.76. The van der Waals surface area contributed by atoms with Crippen molar-refractivity contribution >= 4 is 17.3 Å². The van der Waals surface area contributed by atoms with E-state index in [1.54, 1.807) is 19.2 Å². The Morgan fingerprint density at radius 2 is 2.10 bits per heavy atom. The molecule has 4 N–H and O–H groups in total. The number of hydrogen-bond acceptors (Lipinski definition) is 4. The highest BCUT2D eigenvalue weighted by atomic mass is 16.3. The zero-order valence-electron chi connectivity index (χ0n) is 12.1. The van der Waals surface area contributed by atoms with Crippen LogP contribution in [0.3, 0.4) is 0 Å². The summed E-state index contributed by atoms with van der Waals surface area (Å²) >= 11 is 0. The van der Waals surface area contributed by atoms with Crippen LogP contribution in [-0.4, -0.2) is 37.3 Å². The summed E-state index contributed by atoms with van der Waals surface area (Å²) in [7, 11) is 1.63. The van der Waals surface area contributed by atoms with Crippen molar-refractivity contribution in [1.82, 2.24) is 5.32 Å². The molecule has 1 unspecified atom stereocenters. The molecule has 5 nitrogen and oxygen atoms in total. The summed E-state index contributed by atoms with van der Waals surface area (Å²) in [5.41, 5.74) is 8.04. The van der Waals surface area contributed by atoms with Gasteiger partial charge in [0.2, 0.25) is 0 Å². The molecule has 1 fully saturated rings. The van der Waals surface area contributed by atoms with Crippen LogP contribution in [0.25, 0.3) is 0 Å². The molecule has 0 aromatic heterocycles. The maximum atomic E-state index is 11.9. The van der Waals surface area contributed by atoms with Crippen LogP contribution >= 0.6 is 0 Å². The maximum absolute atomic E-state index is 11.9. The summed E-state index contributed by atoms with van der Waals surface area (Å²) in [6, 6.07) is 5.37. The van der Waals surface area contributed by atoms with Gasteiger partial charge in [0.05, 0.1) is 17.4 Å². The monoisotopic (exact) mass is 277 g/mol. The number of nitrogens with zero attached hydrogens (tertiary/aromatic N) is 1. The van der Waals surface area contributed by atoms with Gasteiger partial charge in [-0.15, -0.1) is 0 Å². The fraction of sp³-hybridized carbons (Fsp3) is 0.533. The minimum absolute atomic E-state index is 0.0994. The van der Waals surface area contributed by atoms with Gasteiger partial charge in [-0.2, -0.15) is 0 Å². The molecule has 1 aliphatic heterocycles. The van der Waals surface area contributed by atoms with Gasteiger partial charge >= 0.3 is 0 Å². The van der Waals surface area contributed by atoms with E-state index in [1.165, 1.54) is 0 Å². The predicted octanol–water partition coefficient (Wildman–Crippen LogP) is 1.23. The SMILES string of the molecule is CNC(=O)c1ccc(N)cc1N1CCC(C(C)O)CC1. The second-order valence-electron chi connectivity index (χ2n) is 5.42. The van der Waals surface area contributed by atoms with Crippen LogP contribution in [0.5, 0.6) is 0 Å². The molecule has 0 saturated carbocycles. The lowest BCUT2D eigenvalue weighted by Crippen LogP contribution is -2.38. The molecule has 0 spiro atoms. The first-order valence-electron chi connectivity index (χ1n) is 7.07. The van der Waals surface area contributed by atoms with Crippen molar-refractivity contribution in [2.45, 2.75) is 25.9 Å². The second kappa shape index (κ2) is 6.13. The third-order valence-electron chi connectivity index (χ3n) is 4.06. The normalized spacial score (nSPS) is 17.9. The van der Waals surface area contributed by atoms with E-state index >= 15 is 0 Å². The van der Waals surface area contributed by atoms with Crippen molar-refractivity contribution in [2.24, 2.45) is 5.92 Å². The van der Waals surface area contributed by atoms with Crippen molar-refractivity contribution in [3.8, 4) is 0 Å². The average molecular weight is 277 g/mol. The quantitative estimate of drug-likeness (QED) is 0.726. The molecular formula is C15H23N3O2. The average Bonchev–Trinajstić information content (AvgIpc) is 2.46. The zero-order valence-corrected chi connectivity index (χ0v) is 12.1. The third-order valence-corrected chi connectivity index (χ3v) is 4.06. The molecule has 20 heavy (non-hydrogen) atoms. The molecule has 1 aromatic rings. The van der Waals surface area contributed by atoms with Gasteiger partial charge in [0.25, 0.3) is 5.91 Å². The Hall–Kier alpha value is -1.75. The number of carbonyl (C=O) groups is 1. The predicted molar refractivity (Wildman–Crippen MR) is 80.9 cm³/mol. The number of benzene rings is 1. The van der Waals surface area contributed by atoms with Gasteiger partial charge in [-0.3, -0.25) is 4.79 Å². The largest absolute Gasteiger partial charge is 0.399 e. The molecule has 0 aliphatic carbocycles. The number of amides is 1. The highest BCUT2D eigenvalue weighted by Crippen LogP contribution is 2.29. The van der Waals surface area contributed by atoms with Crippen molar-refractivity contribution in [1.29, 1.82) is 0 Å². The summed E-state index contributed by atoms with van der Waals surface area (Å²) in [5, 5.41) is 12.3. The highest BCUT2D eigenvalue weighted by molar-refractivity contribution is 6.00. The van der Waals surface area contributed by atoms with E-state index in [2.05, 4.69) is 10.2 Å². The lowest BCUT2D eigenvalue weighted by atomic mass is 9.91. The molecule has 1 heterocycles. The van der Waals surface area contributed by atoms with Gasteiger partial charge in [0.1, 0.15) is 0 Å². The lowest BCUT2D eigenvalue weighted by molar-refractivity contribution is 0.0961. The first kappa shape index (κ1) is 14.7. The van der Waals surface area contributed by atoms with Crippen LogP contribution in [0.4, 0.5) is 11.4 Å². The molecule has 0 radical (unpaired) electrons. The minimum Gasteiger partial charge on any atom is -0.399 e. The Balaban J connectivity index is 2.20. The smallest absolute Gasteiger partial charge is 0.253 e. The molecule has 1 atom stereocenters. The van der Waals surface area contributed by atoms with Crippen molar-refractivity contribution in [3.05, 3.63) is 23.8 Å². The Morgan fingerprint density at radius 1 is 1.45 bits per heavy atom. The molecule has 2 rings (SSSR count). The number of nitrogens with two attached hydrogens (primary N) is 1. The molecule has 5 heteroatoms. The number of nitrogen functional groups attached to an aromatic ring is 1. The van der Waals surface area contributed by atoms with Crippen molar-refractivity contribution in [2.75, 3.05) is 30.8 Å². The van der Waals surface area contributed by atoms with E-state index in [9.17, 15) is 9.90 Å². The Kier molecular flexibility index (Phi) is 4.49. The minimum atomic E-state index is -0.267. The number of aliphatic hydroxyl groups excluding tert-OH is 1. The van der Waals surface area contributed by atoms with Gasteiger partial charge in [-0.25, -0.2) is 0 Å². The van der Waals surface area contributed by atoms with E-state index in [-0.39, 0.29) is 12.0 Å². The number of carbonyl (C=O) groups excluding carboxylic acids is 1. The summed E-state index contributed by atoms with van der Waals surface area (Å²) in [6.45, 7) is 3.52. The van der Waals surface area contributed by atoms with Gasteiger partial charge in [0, 0.05) is 25.8 Å². The lowest BCUT2D eigenvalue weighted by Gasteiger charge is -2.35. The van der Waals surface area contributed by atoms with Gasteiger partial charge < -0.3 is 21.1 Å². The molecule has 1 amide bonds. The summed E-state index contributed by atoms with van der Waals surface area (Å²) < 4.78 is 0.